The van der Waals surface area contributed by atoms with Crippen LogP contribution in [-0.4, -0.2) is 23.1 Å². The molecule has 0 saturated carbocycles. The molecule has 18 heavy (non-hydrogen) atoms. The molecule has 0 N–H and O–H groups in total. The normalized spacial score (nSPS) is 19.9. The molecule has 1 aromatic rings. The molecule has 97 valence electrons. The highest BCUT2D eigenvalue weighted by Crippen LogP contribution is 2.32. The van der Waals surface area contributed by atoms with E-state index in [1.54, 1.807) is 0 Å². The Hall–Kier alpha value is -1.51. The van der Waals surface area contributed by atoms with E-state index in [-0.39, 0.29) is 12.1 Å². The van der Waals surface area contributed by atoms with Crippen molar-refractivity contribution >= 4 is 6.09 Å². The van der Waals surface area contributed by atoms with E-state index in [0.717, 1.165) is 24.9 Å². The van der Waals surface area contributed by atoms with E-state index in [1.807, 2.05) is 49.9 Å². The Balaban J connectivity index is 2.11. The summed E-state index contributed by atoms with van der Waals surface area (Å²) >= 11 is 0. The van der Waals surface area contributed by atoms with Crippen molar-refractivity contribution in [2.75, 3.05) is 6.54 Å². The minimum atomic E-state index is -0.440. The van der Waals surface area contributed by atoms with Crippen molar-refractivity contribution in [1.82, 2.24) is 4.90 Å². The third-order valence-corrected chi connectivity index (χ3v) is 2.97. The predicted octanol–water partition coefficient (Wildman–Crippen LogP) is 3.56. The molecule has 1 fully saturated rings. The summed E-state index contributed by atoms with van der Waals surface area (Å²) in [6.45, 7) is 6.45. The second-order valence-electron chi connectivity index (χ2n) is 5.65. The van der Waals surface area contributed by atoms with Gasteiger partial charge in [-0.15, -0.1) is 0 Å². The maximum atomic E-state index is 12.1. The lowest BCUT2D eigenvalue weighted by Gasteiger charge is -2.28. The molecule has 0 bridgehead atoms. The highest BCUT2D eigenvalue weighted by atomic mass is 16.6. The average molecular weight is 246 g/mol. The fourth-order valence-electron chi connectivity index (χ4n) is 2.24. The Morgan fingerprint density at radius 3 is 2.83 bits per heavy atom. The number of carbonyl (C=O) groups excluding carboxylic acids is 1. The van der Waals surface area contributed by atoms with Gasteiger partial charge >= 0.3 is 6.09 Å². The molecule has 0 spiro atoms. The summed E-state index contributed by atoms with van der Waals surface area (Å²) in [6, 6.07) is 11.2. The highest BCUT2D eigenvalue weighted by Gasteiger charge is 2.32. The van der Waals surface area contributed by atoms with E-state index >= 15 is 0 Å². The molecule has 0 aliphatic carbocycles. The van der Waals surface area contributed by atoms with E-state index in [9.17, 15) is 4.79 Å². The number of nitrogens with zero attached hydrogens (tertiary/aromatic N) is 1. The zero-order valence-electron chi connectivity index (χ0n) is 11.3. The Morgan fingerprint density at radius 1 is 1.44 bits per heavy atom. The summed E-state index contributed by atoms with van der Waals surface area (Å²) in [4.78, 5) is 14.0. The van der Waals surface area contributed by atoms with Gasteiger partial charge in [0, 0.05) is 6.54 Å². The molecule has 1 atom stereocenters. The fraction of sp³-hybridized carbons (Fsp3) is 0.533. The lowest BCUT2D eigenvalue weighted by Crippen LogP contribution is -2.36. The van der Waals surface area contributed by atoms with Crippen LogP contribution in [0, 0.1) is 6.07 Å². The summed E-state index contributed by atoms with van der Waals surface area (Å²) in [5, 5.41) is 0. The van der Waals surface area contributed by atoms with Gasteiger partial charge in [-0.25, -0.2) is 4.79 Å². The van der Waals surface area contributed by atoms with Crippen LogP contribution in [0.25, 0.3) is 0 Å². The van der Waals surface area contributed by atoms with Gasteiger partial charge < -0.3 is 9.64 Å². The number of rotatable bonds is 1. The molecule has 1 amide bonds. The average Bonchev–Trinajstić information content (AvgIpc) is 2.76. The molecule has 1 heterocycles. The third kappa shape index (κ3) is 3.03. The highest BCUT2D eigenvalue weighted by molar-refractivity contribution is 5.69. The van der Waals surface area contributed by atoms with E-state index in [0.29, 0.717) is 0 Å². The molecular formula is C15H20NO2. The number of hydrogen-bond donors (Lipinski definition) is 0. The Morgan fingerprint density at radius 2 is 2.22 bits per heavy atom. The molecule has 1 aromatic carbocycles. The SMILES string of the molecule is CC(C)(C)OC(=O)N1CCCC1c1[c]cccc1. The van der Waals surface area contributed by atoms with Gasteiger partial charge in [0.25, 0.3) is 0 Å². The Labute approximate surface area is 109 Å². The first-order valence-electron chi connectivity index (χ1n) is 6.43. The van der Waals surface area contributed by atoms with Crippen LogP contribution < -0.4 is 0 Å². The molecule has 1 radical (unpaired) electrons. The molecule has 1 aliphatic heterocycles. The fourth-order valence-corrected chi connectivity index (χ4v) is 2.24. The van der Waals surface area contributed by atoms with Crippen molar-refractivity contribution in [2.45, 2.75) is 45.3 Å². The summed E-state index contributed by atoms with van der Waals surface area (Å²) < 4.78 is 5.45. The summed E-state index contributed by atoms with van der Waals surface area (Å²) in [5.41, 5.74) is 0.630. The van der Waals surface area contributed by atoms with E-state index in [2.05, 4.69) is 6.07 Å². The van der Waals surface area contributed by atoms with Gasteiger partial charge in [0.1, 0.15) is 5.60 Å². The van der Waals surface area contributed by atoms with Crippen molar-refractivity contribution in [3.05, 3.63) is 35.9 Å². The van der Waals surface area contributed by atoms with Gasteiger partial charge in [-0.1, -0.05) is 24.3 Å². The molecule has 1 saturated heterocycles. The van der Waals surface area contributed by atoms with Crippen LogP contribution in [0.1, 0.15) is 45.2 Å². The summed E-state index contributed by atoms with van der Waals surface area (Å²) in [6.07, 6.45) is 1.79. The number of likely N-dealkylation sites (tertiary alicyclic amines) is 1. The topological polar surface area (TPSA) is 29.5 Å². The lowest BCUT2D eigenvalue weighted by molar-refractivity contribution is 0.0224. The minimum absolute atomic E-state index is 0.112. The van der Waals surface area contributed by atoms with Crippen molar-refractivity contribution in [3.63, 3.8) is 0 Å². The number of hydrogen-bond acceptors (Lipinski definition) is 2. The van der Waals surface area contributed by atoms with Crippen LogP contribution in [0.3, 0.4) is 0 Å². The molecular weight excluding hydrogens is 226 g/mol. The first kappa shape index (κ1) is 12.9. The maximum absolute atomic E-state index is 12.1. The quantitative estimate of drug-likeness (QED) is 0.758. The first-order valence-corrected chi connectivity index (χ1v) is 6.43. The van der Waals surface area contributed by atoms with Crippen LogP contribution in [0.5, 0.6) is 0 Å². The number of benzene rings is 1. The van der Waals surface area contributed by atoms with Gasteiger partial charge in [0.05, 0.1) is 6.04 Å². The first-order chi connectivity index (χ1) is 8.47. The van der Waals surface area contributed by atoms with Gasteiger partial charge in [-0.2, -0.15) is 0 Å². The summed E-state index contributed by atoms with van der Waals surface area (Å²) in [7, 11) is 0. The molecule has 1 unspecified atom stereocenters. The van der Waals surface area contributed by atoms with E-state index in [1.165, 1.54) is 0 Å². The second kappa shape index (κ2) is 5.01. The van der Waals surface area contributed by atoms with Gasteiger partial charge in [0.2, 0.25) is 0 Å². The third-order valence-electron chi connectivity index (χ3n) is 2.97. The van der Waals surface area contributed by atoms with Gasteiger partial charge in [-0.3, -0.25) is 0 Å². The zero-order valence-corrected chi connectivity index (χ0v) is 11.3. The van der Waals surface area contributed by atoms with Crippen molar-refractivity contribution < 1.29 is 9.53 Å². The molecule has 3 heteroatoms. The zero-order chi connectivity index (χ0) is 13.2. The van der Waals surface area contributed by atoms with Crippen molar-refractivity contribution in [1.29, 1.82) is 0 Å². The van der Waals surface area contributed by atoms with Crippen molar-refractivity contribution in [3.8, 4) is 0 Å². The van der Waals surface area contributed by atoms with Crippen LogP contribution in [0.4, 0.5) is 4.79 Å². The monoisotopic (exact) mass is 246 g/mol. The number of carbonyl (C=O) groups is 1. The predicted molar refractivity (Wildman–Crippen MR) is 70.2 cm³/mol. The Bertz CT molecular complexity index is 408. The van der Waals surface area contributed by atoms with Gasteiger partial charge in [0.15, 0.2) is 0 Å². The van der Waals surface area contributed by atoms with Crippen LogP contribution in [0.2, 0.25) is 0 Å². The largest absolute Gasteiger partial charge is 0.444 e. The second-order valence-corrected chi connectivity index (χ2v) is 5.65. The van der Waals surface area contributed by atoms with Crippen molar-refractivity contribution in [2.24, 2.45) is 0 Å². The van der Waals surface area contributed by atoms with Crippen LogP contribution in [0.15, 0.2) is 24.3 Å². The van der Waals surface area contributed by atoms with Crippen LogP contribution >= 0.6 is 0 Å². The molecule has 1 aliphatic rings. The van der Waals surface area contributed by atoms with E-state index in [4.69, 9.17) is 4.74 Å². The maximum Gasteiger partial charge on any atom is 0.410 e. The molecule has 3 nitrogen and oxygen atoms in total. The minimum Gasteiger partial charge on any atom is -0.444 e. The smallest absolute Gasteiger partial charge is 0.410 e. The summed E-state index contributed by atoms with van der Waals surface area (Å²) in [5.74, 6) is 0. The van der Waals surface area contributed by atoms with Gasteiger partial charge in [-0.05, 0) is 45.2 Å². The molecule has 0 aromatic heterocycles. The van der Waals surface area contributed by atoms with Crippen LogP contribution in [-0.2, 0) is 4.74 Å². The lowest BCUT2D eigenvalue weighted by atomic mass is 10.1. The number of ether oxygens (including phenoxy) is 1. The van der Waals surface area contributed by atoms with E-state index < -0.39 is 5.60 Å². The standard InChI is InChI=1S/C15H20NO2/c1-15(2,3)18-14(17)16-11-7-10-13(16)12-8-5-4-6-9-12/h4-6,8,13H,7,10-11H2,1-3H3. The Kier molecular flexibility index (Phi) is 3.60. The number of amides is 1. The molecule has 2 rings (SSSR count).